The third-order valence-electron chi connectivity index (χ3n) is 3.72. The zero-order valence-electron chi connectivity index (χ0n) is 13.9. The standard InChI is InChI=1S/C17H24N2O3S/c1-10(8-15(20)16-6-5-7-22-16)18-17(21)19-12(3)14-9-11(2)23-13(14)4/h5-7,9-10,12,15,20H,8H2,1-4H3,(H2,18,19,21)/t10-,12+,15-/m1/s1. The summed E-state index contributed by atoms with van der Waals surface area (Å²) in [5.74, 6) is 0.511. The van der Waals surface area contributed by atoms with Crippen LogP contribution in [-0.4, -0.2) is 17.2 Å². The van der Waals surface area contributed by atoms with Crippen LogP contribution in [0.3, 0.4) is 0 Å². The van der Waals surface area contributed by atoms with E-state index >= 15 is 0 Å². The lowest BCUT2D eigenvalue weighted by Gasteiger charge is -2.19. The number of carbonyl (C=O) groups is 1. The summed E-state index contributed by atoms with van der Waals surface area (Å²) in [6.45, 7) is 7.95. The highest BCUT2D eigenvalue weighted by Gasteiger charge is 2.18. The second-order valence-corrected chi connectivity index (χ2v) is 7.34. The normalized spacial score (nSPS) is 15.0. The first-order chi connectivity index (χ1) is 10.9. The lowest BCUT2D eigenvalue weighted by Crippen LogP contribution is -2.42. The van der Waals surface area contributed by atoms with E-state index in [0.717, 1.165) is 5.56 Å². The molecule has 0 fully saturated rings. The number of nitrogens with one attached hydrogen (secondary N) is 2. The van der Waals surface area contributed by atoms with Crippen LogP contribution in [0, 0.1) is 13.8 Å². The molecular weight excluding hydrogens is 312 g/mol. The Morgan fingerprint density at radius 1 is 1.35 bits per heavy atom. The summed E-state index contributed by atoms with van der Waals surface area (Å²) in [6, 6.07) is 5.10. The van der Waals surface area contributed by atoms with Gasteiger partial charge in [0.25, 0.3) is 0 Å². The van der Waals surface area contributed by atoms with Crippen LogP contribution in [0.25, 0.3) is 0 Å². The van der Waals surface area contributed by atoms with E-state index in [1.807, 2.05) is 13.8 Å². The number of hydrogen-bond acceptors (Lipinski definition) is 4. The Hall–Kier alpha value is -1.79. The lowest BCUT2D eigenvalue weighted by atomic mass is 10.1. The summed E-state index contributed by atoms with van der Waals surface area (Å²) in [4.78, 5) is 14.6. The predicted octanol–water partition coefficient (Wildman–Crippen LogP) is 3.83. The average molecular weight is 336 g/mol. The number of thiophene rings is 1. The SMILES string of the molecule is Cc1cc([C@H](C)NC(=O)N[C@H](C)C[C@@H](O)c2ccco2)c(C)s1. The molecule has 5 nitrogen and oxygen atoms in total. The molecule has 2 amide bonds. The number of aliphatic hydroxyl groups is 1. The number of aryl methyl sites for hydroxylation is 2. The number of rotatable bonds is 6. The van der Waals surface area contributed by atoms with Crippen LogP contribution in [0.15, 0.2) is 28.9 Å². The van der Waals surface area contributed by atoms with Crippen molar-refractivity contribution in [1.29, 1.82) is 0 Å². The van der Waals surface area contributed by atoms with Crippen LogP contribution < -0.4 is 10.6 Å². The molecule has 2 aromatic rings. The summed E-state index contributed by atoms with van der Waals surface area (Å²) in [5, 5.41) is 15.8. The van der Waals surface area contributed by atoms with Gasteiger partial charge in [-0.25, -0.2) is 4.79 Å². The van der Waals surface area contributed by atoms with Crippen LogP contribution in [0.2, 0.25) is 0 Å². The van der Waals surface area contributed by atoms with Gasteiger partial charge in [0.15, 0.2) is 0 Å². The Bertz CT molecular complexity index is 636. The molecule has 0 saturated heterocycles. The second-order valence-electron chi connectivity index (χ2n) is 5.88. The van der Waals surface area contributed by atoms with Crippen molar-refractivity contribution in [2.75, 3.05) is 0 Å². The molecule has 23 heavy (non-hydrogen) atoms. The van der Waals surface area contributed by atoms with Gasteiger partial charge in [0.1, 0.15) is 11.9 Å². The number of urea groups is 1. The zero-order chi connectivity index (χ0) is 17.0. The van der Waals surface area contributed by atoms with Crippen LogP contribution in [0.5, 0.6) is 0 Å². The molecule has 2 rings (SSSR count). The molecule has 3 N–H and O–H groups in total. The van der Waals surface area contributed by atoms with Crippen molar-refractivity contribution in [2.45, 2.75) is 52.3 Å². The number of hydrogen-bond donors (Lipinski definition) is 3. The van der Waals surface area contributed by atoms with E-state index in [0.29, 0.717) is 12.2 Å². The maximum Gasteiger partial charge on any atom is 0.315 e. The van der Waals surface area contributed by atoms with E-state index in [4.69, 9.17) is 4.42 Å². The Balaban J connectivity index is 1.83. The molecule has 6 heteroatoms. The van der Waals surface area contributed by atoms with Gasteiger partial charge in [0, 0.05) is 22.2 Å². The Labute approximate surface area is 140 Å². The highest BCUT2D eigenvalue weighted by molar-refractivity contribution is 7.12. The van der Waals surface area contributed by atoms with Gasteiger partial charge in [0.2, 0.25) is 0 Å². The van der Waals surface area contributed by atoms with Gasteiger partial charge in [-0.1, -0.05) is 0 Å². The highest BCUT2D eigenvalue weighted by Crippen LogP contribution is 2.26. The fraction of sp³-hybridized carbons (Fsp3) is 0.471. The van der Waals surface area contributed by atoms with Gasteiger partial charge in [0.05, 0.1) is 12.3 Å². The minimum absolute atomic E-state index is 0.0536. The summed E-state index contributed by atoms with van der Waals surface area (Å²) < 4.78 is 5.16. The molecule has 126 valence electrons. The Morgan fingerprint density at radius 2 is 2.09 bits per heavy atom. The van der Waals surface area contributed by atoms with Crippen molar-refractivity contribution in [3.63, 3.8) is 0 Å². The van der Waals surface area contributed by atoms with Crippen molar-refractivity contribution in [3.05, 3.63) is 45.5 Å². The van der Waals surface area contributed by atoms with Crippen molar-refractivity contribution in [1.82, 2.24) is 10.6 Å². The van der Waals surface area contributed by atoms with Gasteiger partial charge in [-0.05, 0) is 51.5 Å². The first-order valence-electron chi connectivity index (χ1n) is 7.72. The van der Waals surface area contributed by atoms with E-state index in [1.54, 1.807) is 23.5 Å². The number of carbonyl (C=O) groups excluding carboxylic acids is 1. The molecule has 3 atom stereocenters. The molecule has 2 heterocycles. The van der Waals surface area contributed by atoms with Gasteiger partial charge in [-0.2, -0.15) is 0 Å². The molecule has 0 bridgehead atoms. The average Bonchev–Trinajstić information content (AvgIpc) is 3.07. The minimum Gasteiger partial charge on any atom is -0.467 e. The van der Waals surface area contributed by atoms with Gasteiger partial charge >= 0.3 is 6.03 Å². The highest BCUT2D eigenvalue weighted by atomic mass is 32.1. The molecule has 0 saturated carbocycles. The topological polar surface area (TPSA) is 74.5 Å². The lowest BCUT2D eigenvalue weighted by molar-refractivity contribution is 0.129. The predicted molar refractivity (Wildman–Crippen MR) is 91.6 cm³/mol. The number of furan rings is 1. The maximum atomic E-state index is 12.1. The fourth-order valence-corrected chi connectivity index (χ4v) is 3.63. The van der Waals surface area contributed by atoms with Gasteiger partial charge in [-0.3, -0.25) is 0 Å². The van der Waals surface area contributed by atoms with Crippen LogP contribution in [-0.2, 0) is 0 Å². The molecule has 0 aliphatic carbocycles. The molecule has 0 aliphatic rings. The number of aliphatic hydroxyl groups excluding tert-OH is 1. The van der Waals surface area contributed by atoms with Crippen LogP contribution in [0.4, 0.5) is 4.79 Å². The summed E-state index contributed by atoms with van der Waals surface area (Å²) in [5.41, 5.74) is 1.14. The third kappa shape index (κ3) is 4.84. The summed E-state index contributed by atoms with van der Waals surface area (Å²) in [6.07, 6.45) is 1.20. The van der Waals surface area contributed by atoms with E-state index < -0.39 is 6.10 Å². The zero-order valence-corrected chi connectivity index (χ0v) is 14.7. The minimum atomic E-state index is -0.723. The molecule has 0 aliphatic heterocycles. The molecule has 0 unspecified atom stereocenters. The van der Waals surface area contributed by atoms with Crippen molar-refractivity contribution < 1.29 is 14.3 Å². The smallest absolute Gasteiger partial charge is 0.315 e. The first kappa shape index (κ1) is 17.6. The Morgan fingerprint density at radius 3 is 2.65 bits per heavy atom. The van der Waals surface area contributed by atoms with Crippen molar-refractivity contribution >= 4 is 17.4 Å². The molecule has 2 aromatic heterocycles. The summed E-state index contributed by atoms with van der Waals surface area (Å²) >= 11 is 1.73. The summed E-state index contributed by atoms with van der Waals surface area (Å²) in [7, 11) is 0. The maximum absolute atomic E-state index is 12.1. The molecule has 0 radical (unpaired) electrons. The Kier molecular flexibility index (Phi) is 5.85. The first-order valence-corrected chi connectivity index (χ1v) is 8.54. The monoisotopic (exact) mass is 336 g/mol. The quantitative estimate of drug-likeness (QED) is 0.750. The van der Waals surface area contributed by atoms with Crippen molar-refractivity contribution in [2.24, 2.45) is 0 Å². The molecule has 0 aromatic carbocycles. The number of amides is 2. The molecular formula is C17H24N2O3S. The second kappa shape index (κ2) is 7.66. The van der Waals surface area contributed by atoms with Gasteiger partial charge < -0.3 is 20.2 Å². The van der Waals surface area contributed by atoms with E-state index in [-0.39, 0.29) is 18.1 Å². The van der Waals surface area contributed by atoms with E-state index in [2.05, 4.69) is 30.5 Å². The fourth-order valence-electron chi connectivity index (χ4n) is 2.61. The van der Waals surface area contributed by atoms with Crippen LogP contribution in [0.1, 0.15) is 53.5 Å². The molecule has 0 spiro atoms. The third-order valence-corrected chi connectivity index (χ3v) is 4.70. The van der Waals surface area contributed by atoms with E-state index in [9.17, 15) is 9.90 Å². The van der Waals surface area contributed by atoms with Crippen molar-refractivity contribution in [3.8, 4) is 0 Å². The largest absolute Gasteiger partial charge is 0.467 e. The van der Waals surface area contributed by atoms with E-state index in [1.165, 1.54) is 16.0 Å². The van der Waals surface area contributed by atoms with Gasteiger partial charge in [-0.15, -0.1) is 11.3 Å². The van der Waals surface area contributed by atoms with Crippen LogP contribution >= 0.6 is 11.3 Å².